The Hall–Kier alpha value is -2.56. The van der Waals surface area contributed by atoms with E-state index in [4.69, 9.17) is 18.9 Å². The number of anilines is 2. The highest BCUT2D eigenvalue weighted by molar-refractivity contribution is 5.75. The van der Waals surface area contributed by atoms with Crippen LogP contribution in [0.25, 0.3) is 0 Å². The Bertz CT molecular complexity index is 605. The van der Waals surface area contributed by atoms with Crippen LogP contribution in [0, 0.1) is 0 Å². The molecule has 0 aliphatic carbocycles. The summed E-state index contributed by atoms with van der Waals surface area (Å²) in [5.74, 6) is 2.78. The highest BCUT2D eigenvalue weighted by Gasteiger charge is 2.17. The monoisotopic (exact) mass is 287 g/mol. The van der Waals surface area contributed by atoms with Crippen molar-refractivity contribution in [3.63, 3.8) is 0 Å². The zero-order valence-corrected chi connectivity index (χ0v) is 12.0. The lowest BCUT2D eigenvalue weighted by molar-refractivity contribution is 0.172. The van der Waals surface area contributed by atoms with Gasteiger partial charge in [-0.1, -0.05) is 12.1 Å². The van der Waals surface area contributed by atoms with Gasteiger partial charge in [-0.15, -0.1) is 0 Å². The largest absolute Gasteiger partial charge is 0.493 e. The number of hydrogen-bond acceptors (Lipinski definition) is 5. The molecule has 1 aliphatic heterocycles. The first-order valence-corrected chi connectivity index (χ1v) is 6.70. The average molecular weight is 287 g/mol. The number of rotatable bonds is 4. The number of hydrogen-bond donors (Lipinski definition) is 1. The second-order valence-corrected chi connectivity index (χ2v) is 4.50. The molecular weight excluding hydrogens is 270 g/mol. The van der Waals surface area contributed by atoms with Gasteiger partial charge in [0.25, 0.3) is 0 Å². The summed E-state index contributed by atoms with van der Waals surface area (Å²) < 4.78 is 22.0. The van der Waals surface area contributed by atoms with E-state index in [0.29, 0.717) is 30.5 Å². The van der Waals surface area contributed by atoms with Crippen LogP contribution in [0.1, 0.15) is 0 Å². The molecule has 110 valence electrons. The molecule has 0 atom stereocenters. The van der Waals surface area contributed by atoms with Crippen LogP contribution in [0.4, 0.5) is 11.4 Å². The Balaban J connectivity index is 1.98. The van der Waals surface area contributed by atoms with E-state index in [2.05, 4.69) is 5.32 Å². The molecule has 0 bridgehead atoms. The van der Waals surface area contributed by atoms with Crippen LogP contribution in [0.2, 0.25) is 0 Å². The fraction of sp³-hybridized carbons (Fsp3) is 0.250. The van der Waals surface area contributed by atoms with Crippen molar-refractivity contribution in [2.24, 2.45) is 0 Å². The van der Waals surface area contributed by atoms with Crippen LogP contribution in [-0.4, -0.2) is 27.4 Å². The number of ether oxygens (including phenoxy) is 4. The van der Waals surface area contributed by atoms with Crippen molar-refractivity contribution in [3.8, 4) is 23.0 Å². The number of nitrogens with one attached hydrogen (secondary N) is 1. The summed E-state index contributed by atoms with van der Waals surface area (Å²) in [5.41, 5.74) is 1.64. The zero-order valence-electron chi connectivity index (χ0n) is 12.0. The third-order valence-electron chi connectivity index (χ3n) is 3.24. The van der Waals surface area contributed by atoms with Crippen LogP contribution >= 0.6 is 0 Å². The minimum Gasteiger partial charge on any atom is -0.493 e. The lowest BCUT2D eigenvalue weighted by atomic mass is 10.2. The first-order valence-electron chi connectivity index (χ1n) is 6.70. The predicted molar refractivity (Wildman–Crippen MR) is 80.3 cm³/mol. The van der Waals surface area contributed by atoms with Gasteiger partial charge in [0.2, 0.25) is 0 Å². The number of methoxy groups -OCH3 is 2. The molecule has 5 nitrogen and oxygen atoms in total. The molecule has 0 fully saturated rings. The fourth-order valence-corrected chi connectivity index (χ4v) is 2.30. The van der Waals surface area contributed by atoms with Gasteiger partial charge >= 0.3 is 0 Å². The van der Waals surface area contributed by atoms with Crippen LogP contribution in [-0.2, 0) is 0 Å². The van der Waals surface area contributed by atoms with E-state index >= 15 is 0 Å². The fourth-order valence-electron chi connectivity index (χ4n) is 2.30. The minimum absolute atomic E-state index is 0.543. The van der Waals surface area contributed by atoms with Gasteiger partial charge < -0.3 is 24.3 Å². The summed E-state index contributed by atoms with van der Waals surface area (Å²) >= 11 is 0. The molecule has 0 spiro atoms. The molecule has 5 heteroatoms. The number of fused-ring (bicyclic) bond motifs is 1. The van der Waals surface area contributed by atoms with E-state index in [1.54, 1.807) is 14.2 Å². The molecule has 0 amide bonds. The molecule has 2 aromatic carbocycles. The van der Waals surface area contributed by atoms with Crippen molar-refractivity contribution in [3.05, 3.63) is 36.4 Å². The van der Waals surface area contributed by atoms with Crippen LogP contribution in [0.5, 0.6) is 23.0 Å². The van der Waals surface area contributed by atoms with Gasteiger partial charge in [-0.25, -0.2) is 0 Å². The van der Waals surface area contributed by atoms with Crippen molar-refractivity contribution >= 4 is 11.4 Å². The summed E-state index contributed by atoms with van der Waals surface area (Å²) in [6.45, 7) is 1.11. The van der Waals surface area contributed by atoms with Crippen LogP contribution in [0.15, 0.2) is 36.4 Å². The van der Waals surface area contributed by atoms with Crippen molar-refractivity contribution in [2.75, 3.05) is 32.8 Å². The van der Waals surface area contributed by atoms with E-state index < -0.39 is 0 Å². The molecule has 0 saturated carbocycles. The maximum atomic E-state index is 5.70. The summed E-state index contributed by atoms with van der Waals surface area (Å²) in [4.78, 5) is 0. The molecule has 3 rings (SSSR count). The maximum absolute atomic E-state index is 5.70. The molecule has 2 aromatic rings. The Morgan fingerprint density at radius 3 is 2.48 bits per heavy atom. The SMILES string of the molecule is COc1cccc(Nc2cccc3c2OCCO3)c1OC. The van der Waals surface area contributed by atoms with Gasteiger partial charge in [0.05, 0.1) is 25.6 Å². The van der Waals surface area contributed by atoms with Crippen molar-refractivity contribution in [1.29, 1.82) is 0 Å². The van der Waals surface area contributed by atoms with Gasteiger partial charge in [0.15, 0.2) is 23.0 Å². The molecule has 21 heavy (non-hydrogen) atoms. The van der Waals surface area contributed by atoms with Crippen molar-refractivity contribution in [2.45, 2.75) is 0 Å². The lowest BCUT2D eigenvalue weighted by Gasteiger charge is -2.22. The smallest absolute Gasteiger partial charge is 0.184 e. The molecule has 0 saturated heterocycles. The Morgan fingerprint density at radius 1 is 0.905 bits per heavy atom. The molecule has 0 aromatic heterocycles. The predicted octanol–water partition coefficient (Wildman–Crippen LogP) is 3.22. The van der Waals surface area contributed by atoms with Crippen molar-refractivity contribution < 1.29 is 18.9 Å². The van der Waals surface area contributed by atoms with E-state index in [1.165, 1.54) is 0 Å². The number of benzene rings is 2. The molecule has 0 radical (unpaired) electrons. The molecule has 1 heterocycles. The molecular formula is C16H17NO4. The third kappa shape index (κ3) is 2.54. The maximum Gasteiger partial charge on any atom is 0.184 e. The number of para-hydroxylation sites is 2. The molecule has 1 N–H and O–H groups in total. The van der Waals surface area contributed by atoms with E-state index in [1.807, 2.05) is 36.4 Å². The van der Waals surface area contributed by atoms with E-state index in [0.717, 1.165) is 17.1 Å². The Kier molecular flexibility index (Phi) is 3.73. The first-order chi connectivity index (χ1) is 10.3. The second kappa shape index (κ2) is 5.83. The summed E-state index contributed by atoms with van der Waals surface area (Å²) in [5, 5.41) is 3.32. The first kappa shape index (κ1) is 13.4. The lowest BCUT2D eigenvalue weighted by Crippen LogP contribution is -2.16. The van der Waals surface area contributed by atoms with Gasteiger partial charge in [-0.05, 0) is 24.3 Å². The van der Waals surface area contributed by atoms with Gasteiger partial charge in [0.1, 0.15) is 13.2 Å². The van der Waals surface area contributed by atoms with Gasteiger partial charge in [-0.3, -0.25) is 0 Å². The molecule has 1 aliphatic rings. The van der Waals surface area contributed by atoms with E-state index in [-0.39, 0.29) is 0 Å². The van der Waals surface area contributed by atoms with Gasteiger partial charge in [0, 0.05) is 0 Å². The zero-order chi connectivity index (χ0) is 14.7. The van der Waals surface area contributed by atoms with Crippen molar-refractivity contribution in [1.82, 2.24) is 0 Å². The summed E-state index contributed by atoms with van der Waals surface area (Å²) in [7, 11) is 3.23. The topological polar surface area (TPSA) is 49.0 Å². The highest BCUT2D eigenvalue weighted by atomic mass is 16.6. The minimum atomic E-state index is 0.543. The summed E-state index contributed by atoms with van der Waals surface area (Å²) in [6.07, 6.45) is 0. The second-order valence-electron chi connectivity index (χ2n) is 4.50. The Morgan fingerprint density at radius 2 is 1.67 bits per heavy atom. The average Bonchev–Trinajstić information content (AvgIpc) is 2.55. The van der Waals surface area contributed by atoms with Crippen LogP contribution < -0.4 is 24.3 Å². The third-order valence-corrected chi connectivity index (χ3v) is 3.24. The highest BCUT2D eigenvalue weighted by Crippen LogP contribution is 2.42. The molecule has 0 unspecified atom stereocenters. The standard InChI is InChI=1S/C16H17NO4/c1-18-13-7-3-5-11(15(13)19-2)17-12-6-4-8-14-16(12)21-10-9-20-14/h3-8,17H,9-10H2,1-2H3. The quantitative estimate of drug-likeness (QED) is 0.935. The Labute approximate surface area is 123 Å². The van der Waals surface area contributed by atoms with Crippen LogP contribution in [0.3, 0.4) is 0 Å². The van der Waals surface area contributed by atoms with Gasteiger partial charge in [-0.2, -0.15) is 0 Å². The van der Waals surface area contributed by atoms with E-state index in [9.17, 15) is 0 Å². The summed E-state index contributed by atoms with van der Waals surface area (Å²) in [6, 6.07) is 11.4. The normalized spacial score (nSPS) is 12.7.